The summed E-state index contributed by atoms with van der Waals surface area (Å²) in [5.41, 5.74) is 8.98. The van der Waals surface area contributed by atoms with Crippen molar-refractivity contribution in [3.8, 4) is 5.69 Å². The Bertz CT molecular complexity index is 721. The molecule has 2 aliphatic rings. The van der Waals surface area contributed by atoms with Crippen molar-refractivity contribution in [2.75, 3.05) is 13.1 Å². The minimum absolute atomic E-state index is 0.120. The van der Waals surface area contributed by atoms with Crippen molar-refractivity contribution in [3.05, 3.63) is 47.8 Å². The first-order chi connectivity index (χ1) is 11.1. The van der Waals surface area contributed by atoms with Gasteiger partial charge in [0.25, 0.3) is 5.91 Å². The lowest BCUT2D eigenvalue weighted by Crippen LogP contribution is -2.33. The van der Waals surface area contributed by atoms with Crippen molar-refractivity contribution < 1.29 is 4.79 Å². The number of carbonyl (C=O) groups is 1. The Hall–Kier alpha value is -2.14. The second kappa shape index (κ2) is 5.49. The van der Waals surface area contributed by atoms with Crippen LogP contribution >= 0.6 is 0 Å². The predicted molar refractivity (Wildman–Crippen MR) is 88.4 cm³/mol. The van der Waals surface area contributed by atoms with E-state index in [1.54, 1.807) is 0 Å². The zero-order valence-electron chi connectivity index (χ0n) is 13.4. The maximum Gasteiger partial charge on any atom is 0.253 e. The predicted octanol–water partition coefficient (Wildman–Crippen LogP) is 1.99. The molecule has 0 spiro atoms. The Morgan fingerprint density at radius 3 is 2.65 bits per heavy atom. The highest BCUT2D eigenvalue weighted by Crippen LogP contribution is 2.37. The van der Waals surface area contributed by atoms with Gasteiger partial charge in [-0.05, 0) is 61.4 Å². The van der Waals surface area contributed by atoms with Gasteiger partial charge in [-0.25, -0.2) is 4.68 Å². The largest absolute Gasteiger partial charge is 0.338 e. The van der Waals surface area contributed by atoms with E-state index in [0.29, 0.717) is 11.8 Å². The van der Waals surface area contributed by atoms with Crippen LogP contribution in [0, 0.1) is 18.8 Å². The normalized spacial score (nSPS) is 26.5. The summed E-state index contributed by atoms with van der Waals surface area (Å²) in [6.45, 7) is 3.68. The number of carbonyl (C=O) groups excluding carboxylic acids is 1. The van der Waals surface area contributed by atoms with Crippen LogP contribution in [0.5, 0.6) is 0 Å². The van der Waals surface area contributed by atoms with Crippen LogP contribution in [0.2, 0.25) is 0 Å². The molecule has 3 atom stereocenters. The molecule has 4 rings (SSSR count). The first-order valence-electron chi connectivity index (χ1n) is 8.28. The molecule has 2 N–H and O–H groups in total. The minimum Gasteiger partial charge on any atom is -0.338 e. The van der Waals surface area contributed by atoms with E-state index in [1.165, 1.54) is 0 Å². The van der Waals surface area contributed by atoms with E-state index >= 15 is 0 Å². The number of rotatable bonds is 2. The van der Waals surface area contributed by atoms with Gasteiger partial charge in [0.1, 0.15) is 0 Å². The molecule has 1 saturated heterocycles. The van der Waals surface area contributed by atoms with Gasteiger partial charge in [-0.15, -0.1) is 0 Å². The Balaban J connectivity index is 1.49. The van der Waals surface area contributed by atoms with Gasteiger partial charge < -0.3 is 10.6 Å². The SMILES string of the molecule is Cc1cnn(-c2ccc(C(=O)N3CC4CCC(N)C4C3)cc2)c1. The maximum atomic E-state index is 12.7. The van der Waals surface area contributed by atoms with Crippen molar-refractivity contribution in [2.45, 2.75) is 25.8 Å². The lowest BCUT2D eigenvalue weighted by molar-refractivity contribution is 0.0779. The average Bonchev–Trinajstić information content (AvgIpc) is 3.25. The number of fused-ring (bicyclic) bond motifs is 1. The summed E-state index contributed by atoms with van der Waals surface area (Å²) in [5, 5.41) is 4.29. The molecule has 2 aromatic rings. The summed E-state index contributed by atoms with van der Waals surface area (Å²) in [4.78, 5) is 14.7. The number of aromatic nitrogens is 2. The number of benzene rings is 1. The highest BCUT2D eigenvalue weighted by atomic mass is 16.2. The van der Waals surface area contributed by atoms with Gasteiger partial charge in [0.2, 0.25) is 0 Å². The zero-order chi connectivity index (χ0) is 16.0. The molecule has 0 bridgehead atoms. The molecule has 1 aliphatic carbocycles. The van der Waals surface area contributed by atoms with Crippen LogP contribution in [0.4, 0.5) is 0 Å². The first-order valence-corrected chi connectivity index (χ1v) is 8.28. The monoisotopic (exact) mass is 310 g/mol. The molecule has 0 radical (unpaired) electrons. The third-order valence-corrected chi connectivity index (χ3v) is 5.29. The highest BCUT2D eigenvalue weighted by Gasteiger charge is 2.42. The summed E-state index contributed by atoms with van der Waals surface area (Å²) in [6.07, 6.45) is 6.06. The van der Waals surface area contributed by atoms with Crippen LogP contribution in [-0.4, -0.2) is 39.7 Å². The van der Waals surface area contributed by atoms with Crippen LogP contribution in [-0.2, 0) is 0 Å². The quantitative estimate of drug-likeness (QED) is 0.922. The number of amides is 1. The maximum absolute atomic E-state index is 12.7. The van der Waals surface area contributed by atoms with Gasteiger partial charge >= 0.3 is 0 Å². The smallest absolute Gasteiger partial charge is 0.253 e. The van der Waals surface area contributed by atoms with Crippen molar-refractivity contribution in [1.82, 2.24) is 14.7 Å². The van der Waals surface area contributed by atoms with Gasteiger partial charge in [-0.1, -0.05) is 0 Å². The number of nitrogens with two attached hydrogens (primary N) is 1. The van der Waals surface area contributed by atoms with E-state index in [2.05, 4.69) is 5.10 Å². The molecule has 5 heteroatoms. The fourth-order valence-electron chi connectivity index (χ4n) is 3.97. The van der Waals surface area contributed by atoms with Crippen molar-refractivity contribution in [3.63, 3.8) is 0 Å². The van der Waals surface area contributed by atoms with Crippen molar-refractivity contribution in [2.24, 2.45) is 17.6 Å². The van der Waals surface area contributed by atoms with Gasteiger partial charge in [0.05, 0.1) is 11.9 Å². The lowest BCUT2D eigenvalue weighted by Gasteiger charge is -2.19. The fraction of sp³-hybridized carbons (Fsp3) is 0.444. The first kappa shape index (κ1) is 14.5. The van der Waals surface area contributed by atoms with Gasteiger partial charge in [-0.3, -0.25) is 4.79 Å². The summed E-state index contributed by atoms with van der Waals surface area (Å²) in [7, 11) is 0. The van der Waals surface area contributed by atoms with E-state index in [-0.39, 0.29) is 11.9 Å². The molecule has 1 aromatic carbocycles. The molecular weight excluding hydrogens is 288 g/mol. The average molecular weight is 310 g/mol. The molecule has 3 unspecified atom stereocenters. The van der Waals surface area contributed by atoms with E-state index in [4.69, 9.17) is 5.73 Å². The number of likely N-dealkylation sites (tertiary alicyclic amines) is 1. The molecule has 1 aromatic heterocycles. The van der Waals surface area contributed by atoms with Crippen LogP contribution in [0.1, 0.15) is 28.8 Å². The molecule has 2 fully saturated rings. The van der Waals surface area contributed by atoms with Gasteiger partial charge in [0.15, 0.2) is 0 Å². The Morgan fingerprint density at radius 1 is 1.22 bits per heavy atom. The van der Waals surface area contributed by atoms with Gasteiger partial charge in [-0.2, -0.15) is 5.10 Å². The molecule has 2 heterocycles. The van der Waals surface area contributed by atoms with Crippen LogP contribution in [0.25, 0.3) is 5.69 Å². The molecule has 23 heavy (non-hydrogen) atoms. The molecule has 120 valence electrons. The van der Waals surface area contributed by atoms with E-state index in [9.17, 15) is 4.79 Å². The zero-order valence-corrected chi connectivity index (χ0v) is 13.4. The lowest BCUT2D eigenvalue weighted by atomic mass is 9.98. The van der Waals surface area contributed by atoms with Crippen LogP contribution < -0.4 is 5.73 Å². The molecule has 5 nitrogen and oxygen atoms in total. The summed E-state index contributed by atoms with van der Waals surface area (Å²) in [6, 6.07) is 7.94. The fourth-order valence-corrected chi connectivity index (χ4v) is 3.97. The van der Waals surface area contributed by atoms with Crippen molar-refractivity contribution >= 4 is 5.91 Å². The van der Waals surface area contributed by atoms with Crippen molar-refractivity contribution in [1.29, 1.82) is 0 Å². The number of hydrogen-bond acceptors (Lipinski definition) is 3. The Morgan fingerprint density at radius 2 is 2.00 bits per heavy atom. The topological polar surface area (TPSA) is 64.2 Å². The Labute approximate surface area is 136 Å². The van der Waals surface area contributed by atoms with E-state index < -0.39 is 0 Å². The summed E-state index contributed by atoms with van der Waals surface area (Å²) < 4.78 is 1.82. The van der Waals surface area contributed by atoms with Crippen LogP contribution in [0.15, 0.2) is 36.7 Å². The molecule has 1 aliphatic heterocycles. The third kappa shape index (κ3) is 2.55. The van der Waals surface area contributed by atoms with Gasteiger partial charge in [0, 0.05) is 30.9 Å². The summed E-state index contributed by atoms with van der Waals surface area (Å²) >= 11 is 0. The highest BCUT2D eigenvalue weighted by molar-refractivity contribution is 5.94. The molecule has 1 amide bonds. The van der Waals surface area contributed by atoms with Crippen LogP contribution in [0.3, 0.4) is 0 Å². The second-order valence-electron chi connectivity index (χ2n) is 6.88. The molecular formula is C18H22N4O. The second-order valence-corrected chi connectivity index (χ2v) is 6.88. The Kier molecular flexibility index (Phi) is 3.45. The van der Waals surface area contributed by atoms with E-state index in [1.807, 2.05) is 53.2 Å². The number of hydrogen-bond donors (Lipinski definition) is 1. The number of nitrogens with zero attached hydrogens (tertiary/aromatic N) is 3. The number of aryl methyl sites for hydroxylation is 1. The third-order valence-electron chi connectivity index (χ3n) is 5.29. The minimum atomic E-state index is 0.120. The van der Waals surface area contributed by atoms with E-state index in [0.717, 1.165) is 42.7 Å². The molecule has 1 saturated carbocycles. The standard InChI is InChI=1S/C18H22N4O/c1-12-8-20-22(9-12)15-5-2-13(3-6-15)18(23)21-10-14-4-7-17(19)16(14)11-21/h2-3,5-6,8-9,14,16-17H,4,7,10-11,19H2,1H3. The summed E-state index contributed by atoms with van der Waals surface area (Å²) in [5.74, 6) is 1.21.